The van der Waals surface area contributed by atoms with Gasteiger partial charge in [-0.15, -0.1) is 0 Å². The normalized spacial score (nSPS) is 10.3. The van der Waals surface area contributed by atoms with Crippen LogP contribution in [0.4, 0.5) is 11.4 Å². The number of rotatable bonds is 4. The number of para-hydroxylation sites is 1. The van der Waals surface area contributed by atoms with E-state index in [4.69, 9.17) is 28.3 Å². The van der Waals surface area contributed by atoms with Crippen molar-refractivity contribution in [3.63, 3.8) is 0 Å². The molecule has 3 nitrogen and oxygen atoms in total. The molecule has 0 aromatic heterocycles. The second-order valence-corrected chi connectivity index (χ2v) is 5.17. The molecule has 5 heteroatoms. The summed E-state index contributed by atoms with van der Waals surface area (Å²) in [4.78, 5) is 10.9. The van der Waals surface area contributed by atoms with Crippen LogP contribution in [0.25, 0.3) is 0 Å². The van der Waals surface area contributed by atoms with Gasteiger partial charge in [0.15, 0.2) is 0 Å². The van der Waals surface area contributed by atoms with E-state index < -0.39 is 5.97 Å². The second-order valence-electron chi connectivity index (χ2n) is 4.39. The average Bonchev–Trinajstić information content (AvgIpc) is 2.41. The molecular weight excluding hydrogens is 297 g/mol. The predicted octanol–water partition coefficient (Wildman–Crippen LogP) is 4.67. The molecule has 0 radical (unpaired) electrons. The molecule has 0 fully saturated rings. The van der Waals surface area contributed by atoms with Crippen LogP contribution in [-0.4, -0.2) is 11.1 Å². The quantitative estimate of drug-likeness (QED) is 0.862. The molecule has 0 unspecified atom stereocenters. The molecule has 20 heavy (non-hydrogen) atoms. The van der Waals surface area contributed by atoms with E-state index in [-0.39, 0.29) is 6.42 Å². The Morgan fingerprint density at radius 3 is 2.55 bits per heavy atom. The van der Waals surface area contributed by atoms with Crippen molar-refractivity contribution in [2.75, 3.05) is 5.32 Å². The van der Waals surface area contributed by atoms with Gasteiger partial charge < -0.3 is 10.4 Å². The first-order chi connectivity index (χ1) is 9.49. The number of halogens is 2. The Kier molecular flexibility index (Phi) is 4.53. The zero-order valence-electron chi connectivity index (χ0n) is 10.8. The molecule has 2 aromatic rings. The van der Waals surface area contributed by atoms with E-state index in [1.54, 1.807) is 24.3 Å². The van der Waals surface area contributed by atoms with Gasteiger partial charge in [-0.3, -0.25) is 4.79 Å². The minimum Gasteiger partial charge on any atom is -0.481 e. The van der Waals surface area contributed by atoms with Gasteiger partial charge in [-0.2, -0.15) is 0 Å². The molecule has 0 aliphatic rings. The van der Waals surface area contributed by atoms with Crippen molar-refractivity contribution in [3.8, 4) is 0 Å². The Bertz CT molecular complexity index is 656. The molecule has 104 valence electrons. The van der Waals surface area contributed by atoms with Crippen LogP contribution in [0.5, 0.6) is 0 Å². The lowest BCUT2D eigenvalue weighted by Crippen LogP contribution is -2.04. The summed E-state index contributed by atoms with van der Waals surface area (Å²) in [6.45, 7) is 1.83. The van der Waals surface area contributed by atoms with E-state index in [1.807, 2.05) is 19.1 Å². The summed E-state index contributed by atoms with van der Waals surface area (Å²) in [5.74, 6) is -0.877. The predicted molar refractivity (Wildman–Crippen MR) is 82.3 cm³/mol. The van der Waals surface area contributed by atoms with Gasteiger partial charge in [0.2, 0.25) is 0 Å². The van der Waals surface area contributed by atoms with Crippen molar-refractivity contribution < 1.29 is 9.90 Å². The minimum atomic E-state index is -0.877. The highest BCUT2D eigenvalue weighted by molar-refractivity contribution is 6.37. The molecule has 0 aliphatic carbocycles. The third-order valence-corrected chi connectivity index (χ3v) is 3.85. The third kappa shape index (κ3) is 3.24. The highest BCUT2D eigenvalue weighted by Crippen LogP contribution is 2.33. The van der Waals surface area contributed by atoms with E-state index in [0.29, 0.717) is 21.3 Å². The summed E-state index contributed by atoms with van der Waals surface area (Å²) >= 11 is 12.2. The van der Waals surface area contributed by atoms with Crippen LogP contribution in [0.15, 0.2) is 36.4 Å². The Morgan fingerprint density at radius 2 is 1.85 bits per heavy atom. The number of anilines is 2. The third-order valence-electron chi connectivity index (χ3n) is 2.95. The molecule has 2 rings (SSSR count). The molecular formula is C15H13Cl2NO2. The van der Waals surface area contributed by atoms with Crippen molar-refractivity contribution >= 4 is 40.5 Å². The largest absolute Gasteiger partial charge is 0.481 e. The molecule has 0 saturated carbocycles. The fourth-order valence-electron chi connectivity index (χ4n) is 1.86. The summed E-state index contributed by atoms with van der Waals surface area (Å²) in [7, 11) is 0. The lowest BCUT2D eigenvalue weighted by molar-refractivity contribution is -0.136. The summed E-state index contributed by atoms with van der Waals surface area (Å²) in [5, 5.41) is 13.2. The molecule has 2 aromatic carbocycles. The average molecular weight is 310 g/mol. The highest BCUT2D eigenvalue weighted by atomic mass is 35.5. The van der Waals surface area contributed by atoms with Crippen LogP contribution in [0, 0.1) is 6.92 Å². The zero-order valence-corrected chi connectivity index (χ0v) is 12.3. The smallest absolute Gasteiger partial charge is 0.307 e. The van der Waals surface area contributed by atoms with E-state index in [1.165, 1.54) is 0 Å². The lowest BCUT2D eigenvalue weighted by Gasteiger charge is -2.14. The van der Waals surface area contributed by atoms with E-state index in [9.17, 15) is 4.79 Å². The fourth-order valence-corrected chi connectivity index (χ4v) is 2.28. The van der Waals surface area contributed by atoms with Gasteiger partial charge in [0.05, 0.1) is 17.1 Å². The fraction of sp³-hybridized carbons (Fsp3) is 0.133. The van der Waals surface area contributed by atoms with Gasteiger partial charge in [-0.1, -0.05) is 41.4 Å². The van der Waals surface area contributed by atoms with Crippen molar-refractivity contribution in [2.45, 2.75) is 13.3 Å². The Labute approximate surface area is 127 Å². The van der Waals surface area contributed by atoms with Crippen molar-refractivity contribution in [2.24, 2.45) is 0 Å². The van der Waals surface area contributed by atoms with Crippen molar-refractivity contribution in [3.05, 3.63) is 57.6 Å². The number of carboxylic acid groups (broad SMARTS) is 1. The van der Waals surface area contributed by atoms with Crippen LogP contribution < -0.4 is 5.32 Å². The standard InChI is InChI=1S/C15H13Cl2NO2/c1-9-11(16)6-7-13(15(9)17)18-12-5-3-2-4-10(12)8-14(19)20/h2-7,18H,8H2,1H3,(H,19,20). The number of carbonyl (C=O) groups is 1. The summed E-state index contributed by atoms with van der Waals surface area (Å²) in [6.07, 6.45) is -0.0482. The number of aliphatic carboxylic acids is 1. The summed E-state index contributed by atoms with van der Waals surface area (Å²) in [5.41, 5.74) is 2.91. The zero-order chi connectivity index (χ0) is 14.7. The first-order valence-corrected chi connectivity index (χ1v) is 6.76. The first kappa shape index (κ1) is 14.7. The van der Waals surface area contributed by atoms with Crippen molar-refractivity contribution in [1.29, 1.82) is 0 Å². The van der Waals surface area contributed by atoms with E-state index >= 15 is 0 Å². The second kappa shape index (κ2) is 6.16. The topological polar surface area (TPSA) is 49.3 Å². The maximum Gasteiger partial charge on any atom is 0.307 e. The number of hydrogen-bond acceptors (Lipinski definition) is 2. The monoisotopic (exact) mass is 309 g/mol. The Morgan fingerprint density at radius 1 is 1.15 bits per heavy atom. The first-order valence-electron chi connectivity index (χ1n) is 6.00. The van der Waals surface area contributed by atoms with Gasteiger partial charge in [-0.25, -0.2) is 0 Å². The molecule has 0 spiro atoms. The number of hydrogen-bond donors (Lipinski definition) is 2. The van der Waals surface area contributed by atoms with Crippen LogP contribution in [0.1, 0.15) is 11.1 Å². The summed E-state index contributed by atoms with van der Waals surface area (Å²) < 4.78 is 0. The van der Waals surface area contributed by atoms with E-state index in [2.05, 4.69) is 5.32 Å². The van der Waals surface area contributed by atoms with Crippen LogP contribution >= 0.6 is 23.2 Å². The number of nitrogens with one attached hydrogen (secondary N) is 1. The number of benzene rings is 2. The molecule has 0 bridgehead atoms. The van der Waals surface area contributed by atoms with E-state index in [0.717, 1.165) is 11.3 Å². The van der Waals surface area contributed by atoms with Crippen LogP contribution in [-0.2, 0) is 11.2 Å². The number of carboxylic acids is 1. The molecule has 0 atom stereocenters. The van der Waals surface area contributed by atoms with Gasteiger partial charge in [0.25, 0.3) is 0 Å². The molecule has 0 heterocycles. The van der Waals surface area contributed by atoms with Gasteiger partial charge in [0, 0.05) is 10.7 Å². The van der Waals surface area contributed by atoms with Gasteiger partial charge in [0.1, 0.15) is 0 Å². The lowest BCUT2D eigenvalue weighted by atomic mass is 10.1. The Hall–Kier alpha value is -1.71. The maximum absolute atomic E-state index is 10.9. The summed E-state index contributed by atoms with van der Waals surface area (Å²) in [6, 6.07) is 10.8. The van der Waals surface area contributed by atoms with Crippen LogP contribution in [0.3, 0.4) is 0 Å². The Balaban J connectivity index is 2.35. The van der Waals surface area contributed by atoms with Crippen LogP contribution in [0.2, 0.25) is 10.0 Å². The van der Waals surface area contributed by atoms with Crippen molar-refractivity contribution in [1.82, 2.24) is 0 Å². The molecule has 0 aliphatic heterocycles. The maximum atomic E-state index is 10.9. The molecule has 0 saturated heterocycles. The minimum absolute atomic E-state index is 0.0482. The van der Waals surface area contributed by atoms with Gasteiger partial charge in [-0.05, 0) is 36.2 Å². The molecule has 2 N–H and O–H groups in total. The van der Waals surface area contributed by atoms with Gasteiger partial charge >= 0.3 is 5.97 Å². The highest BCUT2D eigenvalue weighted by Gasteiger charge is 2.10. The molecule has 0 amide bonds. The SMILES string of the molecule is Cc1c(Cl)ccc(Nc2ccccc2CC(=O)O)c1Cl.